The van der Waals surface area contributed by atoms with Crippen LogP contribution in [0.4, 0.5) is 10.1 Å². The van der Waals surface area contributed by atoms with Gasteiger partial charge in [0.05, 0.1) is 5.02 Å². The van der Waals surface area contributed by atoms with E-state index < -0.39 is 28.7 Å². The number of amides is 2. The van der Waals surface area contributed by atoms with E-state index in [9.17, 15) is 18.9 Å². The van der Waals surface area contributed by atoms with Crippen LogP contribution in [0.1, 0.15) is 40.5 Å². The number of anilines is 1. The third kappa shape index (κ3) is 4.34. The molecule has 0 aromatic heterocycles. The SMILES string of the molecule is CC1(C)CC(NC(=O)C(=O)Nc2ccc(Cl)c(F)c2)CC(C)(C)[N+]1=O. The molecule has 1 aliphatic heterocycles. The van der Waals surface area contributed by atoms with E-state index >= 15 is 0 Å². The summed E-state index contributed by atoms with van der Waals surface area (Å²) in [4.78, 5) is 36.5. The van der Waals surface area contributed by atoms with Crippen LogP contribution in [0.15, 0.2) is 18.2 Å². The number of nitrogens with one attached hydrogen (secondary N) is 2. The number of halogens is 2. The predicted molar refractivity (Wildman–Crippen MR) is 93.0 cm³/mol. The predicted octanol–water partition coefficient (Wildman–Crippen LogP) is 3.03. The van der Waals surface area contributed by atoms with Gasteiger partial charge in [0.1, 0.15) is 5.82 Å². The molecule has 1 fully saturated rings. The van der Waals surface area contributed by atoms with E-state index in [0.29, 0.717) is 12.8 Å². The lowest BCUT2D eigenvalue weighted by molar-refractivity contribution is -0.693. The first-order valence-corrected chi connectivity index (χ1v) is 8.34. The largest absolute Gasteiger partial charge is 0.345 e. The van der Waals surface area contributed by atoms with E-state index in [-0.39, 0.29) is 16.8 Å². The molecule has 2 rings (SSSR count). The van der Waals surface area contributed by atoms with Gasteiger partial charge in [-0.05, 0) is 18.2 Å². The fourth-order valence-corrected chi connectivity index (χ4v) is 3.50. The average molecular weight is 371 g/mol. The summed E-state index contributed by atoms with van der Waals surface area (Å²) in [5.74, 6) is -2.42. The zero-order valence-corrected chi connectivity index (χ0v) is 15.4. The van der Waals surface area contributed by atoms with Gasteiger partial charge in [0.25, 0.3) is 0 Å². The van der Waals surface area contributed by atoms with Crippen molar-refractivity contribution in [3.05, 3.63) is 33.9 Å². The van der Waals surface area contributed by atoms with Crippen molar-refractivity contribution in [2.75, 3.05) is 5.32 Å². The summed E-state index contributed by atoms with van der Waals surface area (Å²) in [5.41, 5.74) is -1.18. The minimum atomic E-state index is -0.901. The highest BCUT2D eigenvalue weighted by molar-refractivity contribution is 6.39. The Morgan fingerprint density at radius 1 is 1.16 bits per heavy atom. The fourth-order valence-electron chi connectivity index (χ4n) is 3.38. The van der Waals surface area contributed by atoms with Gasteiger partial charge in [-0.2, -0.15) is 0 Å². The van der Waals surface area contributed by atoms with Gasteiger partial charge in [-0.15, -0.1) is 0 Å². The molecule has 1 heterocycles. The highest BCUT2D eigenvalue weighted by Crippen LogP contribution is 2.34. The zero-order valence-electron chi connectivity index (χ0n) is 14.7. The van der Waals surface area contributed by atoms with E-state index in [2.05, 4.69) is 10.6 Å². The van der Waals surface area contributed by atoms with Crippen molar-refractivity contribution < 1.29 is 18.7 Å². The lowest BCUT2D eigenvalue weighted by atomic mass is 9.79. The molecule has 0 saturated carbocycles. The molecule has 1 aliphatic rings. The first-order valence-electron chi connectivity index (χ1n) is 7.97. The van der Waals surface area contributed by atoms with E-state index in [1.807, 2.05) is 0 Å². The maximum atomic E-state index is 13.4. The second-order valence-corrected chi connectivity index (χ2v) is 7.99. The number of benzene rings is 1. The van der Waals surface area contributed by atoms with Gasteiger partial charge in [0.2, 0.25) is 11.1 Å². The Labute approximate surface area is 150 Å². The molecule has 25 heavy (non-hydrogen) atoms. The molecule has 0 spiro atoms. The Hall–Kier alpha value is -2.02. The van der Waals surface area contributed by atoms with E-state index in [1.54, 1.807) is 27.7 Å². The van der Waals surface area contributed by atoms with E-state index in [0.717, 1.165) is 10.8 Å². The first kappa shape index (κ1) is 19.3. The normalized spacial score (nSPS) is 19.4. The van der Waals surface area contributed by atoms with Crippen LogP contribution in [-0.2, 0) is 9.59 Å². The molecule has 0 aliphatic carbocycles. The standard InChI is InChI=1S/C17H21ClFN3O3/c1-16(2)8-11(9-17(3,4)22(16)25)21-15(24)14(23)20-10-5-6-12(18)13(19)7-10/h5-7,11H,8-9H2,1-4H3,(H-,20,21,23,24)/p+1. The van der Waals surface area contributed by atoms with Gasteiger partial charge in [0.15, 0.2) is 0 Å². The number of carbonyl (C=O) groups excluding carboxylic acids is 2. The van der Waals surface area contributed by atoms with Crippen LogP contribution in [0, 0.1) is 10.7 Å². The maximum Gasteiger partial charge on any atom is 0.313 e. The molecule has 0 bridgehead atoms. The Bertz CT molecular complexity index is 714. The van der Waals surface area contributed by atoms with Crippen LogP contribution in [0.25, 0.3) is 0 Å². The number of hydrogen-bond donors (Lipinski definition) is 2. The summed E-state index contributed by atoms with van der Waals surface area (Å²) < 4.78 is 14.4. The maximum absolute atomic E-state index is 13.4. The van der Waals surface area contributed by atoms with Crippen molar-refractivity contribution in [2.45, 2.75) is 57.7 Å². The topological polar surface area (TPSA) is 78.3 Å². The van der Waals surface area contributed by atoms with Crippen molar-refractivity contribution in [1.82, 2.24) is 5.32 Å². The molecule has 0 unspecified atom stereocenters. The highest BCUT2D eigenvalue weighted by atomic mass is 35.5. The van der Waals surface area contributed by atoms with Crippen LogP contribution in [-0.4, -0.2) is 33.7 Å². The van der Waals surface area contributed by atoms with Crippen LogP contribution in [0.2, 0.25) is 5.02 Å². The number of hydrogen-bond acceptors (Lipinski definition) is 3. The highest BCUT2D eigenvalue weighted by Gasteiger charge is 2.54. The third-order valence-corrected chi connectivity index (χ3v) is 4.62. The van der Waals surface area contributed by atoms with Gasteiger partial charge in [-0.25, -0.2) is 4.39 Å². The molecule has 2 N–H and O–H groups in total. The Kier molecular flexibility index (Phi) is 5.18. The van der Waals surface area contributed by atoms with Gasteiger partial charge < -0.3 is 10.6 Å². The second-order valence-electron chi connectivity index (χ2n) is 7.58. The summed E-state index contributed by atoms with van der Waals surface area (Å²) in [6.07, 6.45) is 0.850. The summed E-state index contributed by atoms with van der Waals surface area (Å²) in [6.45, 7) is 7.21. The van der Waals surface area contributed by atoms with Gasteiger partial charge >= 0.3 is 11.8 Å². The monoisotopic (exact) mass is 370 g/mol. The average Bonchev–Trinajstić information content (AvgIpc) is 2.48. The smallest absolute Gasteiger partial charge is 0.313 e. The van der Waals surface area contributed by atoms with E-state index in [1.165, 1.54) is 12.1 Å². The zero-order chi connectivity index (χ0) is 19.0. The molecule has 1 aromatic rings. The minimum absolute atomic E-state index is 0.0729. The van der Waals surface area contributed by atoms with Crippen molar-refractivity contribution in [3.63, 3.8) is 0 Å². The molecule has 6 nitrogen and oxygen atoms in total. The number of carbonyl (C=O) groups is 2. The molecule has 1 aromatic carbocycles. The fraction of sp³-hybridized carbons (Fsp3) is 0.529. The van der Waals surface area contributed by atoms with Gasteiger partial charge in [-0.3, -0.25) is 9.59 Å². The number of rotatable bonds is 2. The van der Waals surface area contributed by atoms with Crippen molar-refractivity contribution in [1.29, 1.82) is 0 Å². The molecule has 0 atom stereocenters. The van der Waals surface area contributed by atoms with Crippen molar-refractivity contribution in [3.8, 4) is 0 Å². The van der Waals surface area contributed by atoms with Gasteiger partial charge in [0, 0.05) is 61.9 Å². The molecule has 136 valence electrons. The second kappa shape index (κ2) is 6.71. The number of piperidine rings is 1. The van der Waals surface area contributed by atoms with Crippen LogP contribution in [0.3, 0.4) is 0 Å². The number of nitrogens with zero attached hydrogens (tertiary/aromatic N) is 1. The molecule has 0 radical (unpaired) electrons. The van der Waals surface area contributed by atoms with Crippen LogP contribution < -0.4 is 10.6 Å². The molecule has 2 amide bonds. The Morgan fingerprint density at radius 3 is 2.24 bits per heavy atom. The van der Waals surface area contributed by atoms with Crippen molar-refractivity contribution in [2.24, 2.45) is 0 Å². The molecule has 1 saturated heterocycles. The summed E-state index contributed by atoms with van der Waals surface area (Å²) in [5, 5.41) is 4.92. The quantitative estimate of drug-likeness (QED) is 0.620. The van der Waals surface area contributed by atoms with Crippen LogP contribution >= 0.6 is 11.6 Å². The number of nitroso groups, excluding NO2 is 1. The minimum Gasteiger partial charge on any atom is -0.345 e. The van der Waals surface area contributed by atoms with Gasteiger partial charge in [-0.1, -0.05) is 11.6 Å². The lowest BCUT2D eigenvalue weighted by Gasteiger charge is -2.36. The summed E-state index contributed by atoms with van der Waals surface area (Å²) in [6, 6.07) is 3.42. The van der Waals surface area contributed by atoms with Crippen molar-refractivity contribution >= 4 is 29.1 Å². The Balaban J connectivity index is 2.02. The first-order chi connectivity index (χ1) is 11.4. The van der Waals surface area contributed by atoms with E-state index in [4.69, 9.17) is 11.6 Å². The molecular weight excluding hydrogens is 349 g/mol. The molecule has 8 heteroatoms. The summed E-state index contributed by atoms with van der Waals surface area (Å²) >= 11 is 5.58. The Morgan fingerprint density at radius 2 is 1.72 bits per heavy atom. The molecular formula is C17H22ClFN3O3+. The lowest BCUT2D eigenvalue weighted by Crippen LogP contribution is -2.59. The van der Waals surface area contributed by atoms with Crippen LogP contribution in [0.5, 0.6) is 0 Å². The third-order valence-electron chi connectivity index (χ3n) is 4.31. The summed E-state index contributed by atoms with van der Waals surface area (Å²) in [7, 11) is 0.